The van der Waals surface area contributed by atoms with E-state index in [9.17, 15) is 4.79 Å². The molecule has 5 heteroatoms. The van der Waals surface area contributed by atoms with Gasteiger partial charge in [-0.3, -0.25) is 5.32 Å². The highest BCUT2D eigenvalue weighted by Gasteiger charge is 2.30. The Bertz CT molecular complexity index is 368. The molecule has 1 aromatic carbocycles. The Morgan fingerprint density at radius 2 is 2.13 bits per heavy atom. The summed E-state index contributed by atoms with van der Waals surface area (Å²) in [7, 11) is 0. The molecule has 0 radical (unpaired) electrons. The maximum Gasteiger partial charge on any atom is 0.331 e. The quantitative estimate of drug-likeness (QED) is 0.876. The van der Waals surface area contributed by atoms with Crippen LogP contribution in [0.25, 0.3) is 0 Å². The van der Waals surface area contributed by atoms with Gasteiger partial charge in [0, 0.05) is 16.3 Å². The van der Waals surface area contributed by atoms with Gasteiger partial charge >= 0.3 is 5.97 Å². The Morgan fingerprint density at radius 1 is 1.47 bits per heavy atom. The Hall–Kier alpha value is -0.520. The van der Waals surface area contributed by atoms with E-state index in [-0.39, 0.29) is 6.04 Å². The zero-order chi connectivity index (χ0) is 10.8. The lowest BCUT2D eigenvalue weighted by Gasteiger charge is -2.10. The molecule has 0 amide bonds. The van der Waals surface area contributed by atoms with E-state index < -0.39 is 11.3 Å². The minimum atomic E-state index is -0.792. The van der Waals surface area contributed by atoms with E-state index in [2.05, 4.69) is 21.2 Å². The third-order valence-electron chi connectivity index (χ3n) is 2.28. The molecule has 1 aliphatic rings. The highest BCUT2D eigenvalue weighted by atomic mass is 79.9. The van der Waals surface area contributed by atoms with Gasteiger partial charge in [-0.25, -0.2) is 4.79 Å². The number of carboxylic acid groups (broad SMARTS) is 1. The lowest BCUT2D eigenvalue weighted by Crippen LogP contribution is -2.30. The minimum Gasteiger partial charge on any atom is -0.479 e. The molecule has 1 aliphatic heterocycles. The molecule has 80 valence electrons. The molecule has 2 unspecified atom stereocenters. The number of rotatable bonds is 2. The Kier molecular flexibility index (Phi) is 3.33. The van der Waals surface area contributed by atoms with E-state index in [4.69, 9.17) is 5.11 Å². The van der Waals surface area contributed by atoms with Gasteiger partial charge in [0.1, 0.15) is 0 Å². The lowest BCUT2D eigenvalue weighted by molar-refractivity contribution is -0.136. The van der Waals surface area contributed by atoms with Crippen LogP contribution in [-0.4, -0.2) is 22.2 Å². The van der Waals surface area contributed by atoms with Gasteiger partial charge in [0.25, 0.3) is 0 Å². The average Bonchev–Trinajstić information content (AvgIpc) is 2.68. The van der Waals surface area contributed by atoms with Crippen molar-refractivity contribution < 1.29 is 9.90 Å². The standard InChI is InChI=1S/C10H10BrNO2S/c11-7-3-1-6(2-4-7)8-5-15-9(12-8)10(13)14/h1-4,8-9,12H,5H2,(H,13,14). The summed E-state index contributed by atoms with van der Waals surface area (Å²) in [5, 5.41) is 11.4. The van der Waals surface area contributed by atoms with E-state index in [1.54, 1.807) is 0 Å². The number of benzene rings is 1. The van der Waals surface area contributed by atoms with Gasteiger partial charge in [0.15, 0.2) is 5.37 Å². The second-order valence-corrected chi connectivity index (χ2v) is 5.38. The molecule has 1 saturated heterocycles. The van der Waals surface area contributed by atoms with Gasteiger partial charge in [0.05, 0.1) is 0 Å². The molecule has 2 N–H and O–H groups in total. The first-order valence-corrected chi connectivity index (χ1v) is 6.37. The fourth-order valence-corrected chi connectivity index (χ4v) is 2.84. The molecule has 0 aliphatic carbocycles. The summed E-state index contributed by atoms with van der Waals surface area (Å²) in [4.78, 5) is 10.7. The summed E-state index contributed by atoms with van der Waals surface area (Å²) in [6.07, 6.45) is 0. The Balaban J connectivity index is 2.07. The van der Waals surface area contributed by atoms with Crippen LogP contribution in [0.4, 0.5) is 0 Å². The predicted molar refractivity (Wildman–Crippen MR) is 63.9 cm³/mol. The molecule has 0 spiro atoms. The minimum absolute atomic E-state index is 0.143. The van der Waals surface area contributed by atoms with Crippen molar-refractivity contribution in [3.8, 4) is 0 Å². The van der Waals surface area contributed by atoms with Crippen molar-refractivity contribution in [2.45, 2.75) is 11.4 Å². The van der Waals surface area contributed by atoms with Crippen LogP contribution in [0, 0.1) is 0 Å². The summed E-state index contributed by atoms with van der Waals surface area (Å²) < 4.78 is 1.03. The first-order chi connectivity index (χ1) is 7.16. The molecule has 0 saturated carbocycles. The van der Waals surface area contributed by atoms with E-state index in [0.29, 0.717) is 0 Å². The summed E-state index contributed by atoms with van der Waals surface area (Å²) in [5.74, 6) is 0.0121. The van der Waals surface area contributed by atoms with Crippen molar-refractivity contribution in [1.29, 1.82) is 0 Å². The molecule has 3 nitrogen and oxygen atoms in total. The highest BCUT2D eigenvalue weighted by molar-refractivity contribution is 9.10. The zero-order valence-electron chi connectivity index (χ0n) is 7.81. The first kappa shape index (κ1) is 11.0. The van der Waals surface area contributed by atoms with E-state index in [1.165, 1.54) is 11.8 Å². The normalized spacial score (nSPS) is 25.4. The summed E-state index contributed by atoms with van der Waals surface area (Å²) in [5.41, 5.74) is 1.13. The van der Waals surface area contributed by atoms with Gasteiger partial charge in [-0.2, -0.15) is 0 Å². The zero-order valence-corrected chi connectivity index (χ0v) is 10.2. The van der Waals surface area contributed by atoms with Gasteiger partial charge < -0.3 is 5.11 Å². The van der Waals surface area contributed by atoms with Crippen molar-refractivity contribution in [2.75, 3.05) is 5.75 Å². The van der Waals surface area contributed by atoms with Crippen LogP contribution in [-0.2, 0) is 4.79 Å². The van der Waals surface area contributed by atoms with E-state index >= 15 is 0 Å². The van der Waals surface area contributed by atoms with Crippen LogP contribution in [0.5, 0.6) is 0 Å². The van der Waals surface area contributed by atoms with Gasteiger partial charge in [-0.1, -0.05) is 28.1 Å². The summed E-state index contributed by atoms with van der Waals surface area (Å²) in [6, 6.07) is 8.09. The van der Waals surface area contributed by atoms with Gasteiger partial charge in [-0.15, -0.1) is 11.8 Å². The number of thioether (sulfide) groups is 1. The number of hydrogen-bond donors (Lipinski definition) is 2. The molecule has 15 heavy (non-hydrogen) atoms. The monoisotopic (exact) mass is 287 g/mol. The third kappa shape index (κ3) is 2.53. The molecule has 2 rings (SSSR count). The second-order valence-electron chi connectivity index (χ2n) is 3.32. The van der Waals surface area contributed by atoms with E-state index in [1.807, 2.05) is 24.3 Å². The number of carbonyl (C=O) groups is 1. The fraction of sp³-hybridized carbons (Fsp3) is 0.300. The van der Waals surface area contributed by atoms with Crippen LogP contribution < -0.4 is 5.32 Å². The molecule has 1 heterocycles. The van der Waals surface area contributed by atoms with Crippen molar-refractivity contribution in [3.05, 3.63) is 34.3 Å². The Morgan fingerprint density at radius 3 is 2.67 bits per heavy atom. The average molecular weight is 288 g/mol. The Labute approximate surface area is 100 Å². The SMILES string of the molecule is O=C(O)C1NC(c2ccc(Br)cc2)CS1. The third-order valence-corrected chi connectivity index (χ3v) is 4.00. The van der Waals surface area contributed by atoms with Crippen molar-refractivity contribution in [2.24, 2.45) is 0 Å². The van der Waals surface area contributed by atoms with Crippen molar-refractivity contribution in [1.82, 2.24) is 5.32 Å². The number of aliphatic carboxylic acids is 1. The van der Waals surface area contributed by atoms with Gasteiger partial charge in [-0.05, 0) is 17.7 Å². The molecule has 0 aromatic heterocycles. The van der Waals surface area contributed by atoms with Crippen LogP contribution >= 0.6 is 27.7 Å². The maximum absolute atomic E-state index is 10.7. The van der Waals surface area contributed by atoms with Crippen LogP contribution in [0.1, 0.15) is 11.6 Å². The van der Waals surface area contributed by atoms with Crippen LogP contribution in [0.15, 0.2) is 28.7 Å². The molecule has 1 aromatic rings. The highest BCUT2D eigenvalue weighted by Crippen LogP contribution is 2.29. The number of carboxylic acids is 1. The summed E-state index contributed by atoms with van der Waals surface area (Å²) in [6.45, 7) is 0. The van der Waals surface area contributed by atoms with Crippen molar-refractivity contribution in [3.63, 3.8) is 0 Å². The molecule has 2 atom stereocenters. The number of halogens is 1. The second kappa shape index (κ2) is 4.55. The molecule has 1 fully saturated rings. The molecular weight excluding hydrogens is 278 g/mol. The topological polar surface area (TPSA) is 49.3 Å². The van der Waals surface area contributed by atoms with Gasteiger partial charge in [0.2, 0.25) is 0 Å². The lowest BCUT2D eigenvalue weighted by atomic mass is 10.1. The maximum atomic E-state index is 10.7. The smallest absolute Gasteiger partial charge is 0.331 e. The summed E-state index contributed by atoms with van der Waals surface area (Å²) >= 11 is 4.80. The van der Waals surface area contributed by atoms with Crippen molar-refractivity contribution >= 4 is 33.7 Å². The first-order valence-electron chi connectivity index (χ1n) is 4.53. The van der Waals surface area contributed by atoms with Crippen LogP contribution in [0.2, 0.25) is 0 Å². The fourth-order valence-electron chi connectivity index (χ4n) is 1.50. The van der Waals surface area contributed by atoms with E-state index in [0.717, 1.165) is 15.8 Å². The van der Waals surface area contributed by atoms with Crippen LogP contribution in [0.3, 0.4) is 0 Å². The predicted octanol–water partition coefficient (Wildman–Crippen LogP) is 2.24. The molecule has 0 bridgehead atoms. The molecular formula is C10H10BrNO2S. The largest absolute Gasteiger partial charge is 0.479 e. The number of nitrogens with one attached hydrogen (secondary N) is 1. The number of hydrogen-bond acceptors (Lipinski definition) is 3.